The number of anilines is 2. The fraction of sp³-hybridized carbons (Fsp3) is 0.455. The highest BCUT2D eigenvalue weighted by atomic mass is 32.1. The van der Waals surface area contributed by atoms with E-state index in [0.29, 0.717) is 0 Å². The average molecular weight is 465 g/mol. The molecule has 0 saturated carbocycles. The quantitative estimate of drug-likeness (QED) is 0.476. The number of thiazole rings is 2. The third-order valence-corrected chi connectivity index (χ3v) is 9.25. The molecule has 2 fully saturated rings. The van der Waals surface area contributed by atoms with Crippen LogP contribution in [0.3, 0.4) is 0 Å². The average Bonchev–Trinajstić information content (AvgIpc) is 3.55. The molecule has 3 aliphatic heterocycles. The van der Waals surface area contributed by atoms with Gasteiger partial charge in [0.25, 0.3) is 0 Å². The molecule has 7 rings (SSSR count). The number of likely N-dealkylation sites (N-methyl/N-ethyl adjacent to an activating group) is 1. The van der Waals surface area contributed by atoms with Crippen LogP contribution in [0, 0.1) is 0 Å². The minimum Gasteiger partial charge on any atom is -0.383 e. The van der Waals surface area contributed by atoms with Gasteiger partial charge in [0, 0.05) is 43.2 Å². The second kappa shape index (κ2) is 6.97. The van der Waals surface area contributed by atoms with Gasteiger partial charge in [-0.25, -0.2) is 9.97 Å². The minimum atomic E-state index is 0.283. The number of H-pyrrole nitrogens is 1. The topological polar surface area (TPSA) is 85.9 Å². The van der Waals surface area contributed by atoms with Crippen LogP contribution < -0.4 is 10.2 Å². The standard InChI is InChI=1S/C22H24N8S2/c1-29-7-2-4-22(12-29)5-8-30(22)21-28-20-19(32-21)27-18(31-20)17-16-14(3-6-23-16)15(11-24-17)13-9-25-26-10-13/h9-11,23H,2-8,12H2,1H3,(H,25,26). The van der Waals surface area contributed by atoms with Crippen LogP contribution in [0.4, 0.5) is 10.8 Å². The summed E-state index contributed by atoms with van der Waals surface area (Å²) in [5.41, 5.74) is 5.85. The number of pyridine rings is 1. The summed E-state index contributed by atoms with van der Waals surface area (Å²) < 4.78 is 0. The van der Waals surface area contributed by atoms with Crippen LogP contribution in [0.15, 0.2) is 18.6 Å². The van der Waals surface area contributed by atoms with E-state index >= 15 is 0 Å². The third kappa shape index (κ3) is 2.76. The number of piperidine rings is 1. The molecule has 0 radical (unpaired) electrons. The van der Waals surface area contributed by atoms with E-state index in [4.69, 9.17) is 15.0 Å². The predicted molar refractivity (Wildman–Crippen MR) is 130 cm³/mol. The van der Waals surface area contributed by atoms with E-state index in [-0.39, 0.29) is 5.54 Å². The summed E-state index contributed by atoms with van der Waals surface area (Å²) in [5, 5.41) is 12.6. The Bertz CT molecular complexity index is 1280. The van der Waals surface area contributed by atoms with Crippen molar-refractivity contribution in [1.29, 1.82) is 0 Å². The lowest BCUT2D eigenvalue weighted by atomic mass is 9.78. The van der Waals surface area contributed by atoms with E-state index in [0.717, 1.165) is 68.4 Å². The zero-order valence-corrected chi connectivity index (χ0v) is 19.5. The van der Waals surface area contributed by atoms with Gasteiger partial charge in [-0.05, 0) is 44.8 Å². The summed E-state index contributed by atoms with van der Waals surface area (Å²) in [6.07, 6.45) is 10.5. The van der Waals surface area contributed by atoms with E-state index in [9.17, 15) is 0 Å². The Labute approximate surface area is 193 Å². The molecule has 164 valence electrons. The van der Waals surface area contributed by atoms with Crippen molar-refractivity contribution in [2.24, 2.45) is 0 Å². The fourth-order valence-electron chi connectivity index (χ4n) is 5.57. The number of fused-ring (bicyclic) bond motifs is 2. The second-order valence-electron chi connectivity index (χ2n) is 9.13. The molecule has 0 amide bonds. The Morgan fingerprint density at radius 1 is 1.09 bits per heavy atom. The van der Waals surface area contributed by atoms with Crippen molar-refractivity contribution in [3.05, 3.63) is 24.2 Å². The van der Waals surface area contributed by atoms with Gasteiger partial charge < -0.3 is 15.1 Å². The molecule has 0 aromatic carbocycles. The SMILES string of the molecule is CN1CCCC2(CCN2c2nc3sc(-c4ncc(-c5cn[nH]c5)c5c4NCC5)nc3s2)C1. The zero-order chi connectivity index (χ0) is 21.3. The van der Waals surface area contributed by atoms with Gasteiger partial charge in [0.2, 0.25) is 0 Å². The predicted octanol–water partition coefficient (Wildman–Crippen LogP) is 3.85. The minimum absolute atomic E-state index is 0.283. The Morgan fingerprint density at radius 3 is 2.81 bits per heavy atom. The molecule has 10 heteroatoms. The molecule has 1 unspecified atom stereocenters. The molecule has 4 aromatic rings. The zero-order valence-electron chi connectivity index (χ0n) is 17.9. The van der Waals surface area contributed by atoms with Gasteiger partial charge in [-0.2, -0.15) is 5.10 Å². The van der Waals surface area contributed by atoms with Crippen LogP contribution in [0.5, 0.6) is 0 Å². The lowest BCUT2D eigenvalue weighted by Gasteiger charge is -2.56. The summed E-state index contributed by atoms with van der Waals surface area (Å²) in [5.74, 6) is 0. The fourth-order valence-corrected chi connectivity index (χ4v) is 7.75. The van der Waals surface area contributed by atoms with Crippen molar-refractivity contribution in [2.75, 3.05) is 43.4 Å². The smallest absolute Gasteiger partial charge is 0.189 e. The van der Waals surface area contributed by atoms with Crippen LogP contribution in [-0.2, 0) is 6.42 Å². The number of nitrogens with zero attached hydrogens (tertiary/aromatic N) is 6. The Balaban J connectivity index is 1.23. The van der Waals surface area contributed by atoms with Gasteiger partial charge in [0.15, 0.2) is 14.8 Å². The van der Waals surface area contributed by atoms with Crippen LogP contribution in [0.25, 0.3) is 31.5 Å². The number of nitrogens with one attached hydrogen (secondary N) is 2. The van der Waals surface area contributed by atoms with Gasteiger partial charge in [-0.1, -0.05) is 22.7 Å². The van der Waals surface area contributed by atoms with E-state index in [1.54, 1.807) is 22.7 Å². The summed E-state index contributed by atoms with van der Waals surface area (Å²) in [6.45, 7) is 4.38. The Hall–Kier alpha value is -2.56. The first kappa shape index (κ1) is 19.0. The lowest BCUT2D eigenvalue weighted by Crippen LogP contribution is -2.66. The lowest BCUT2D eigenvalue weighted by molar-refractivity contribution is 0.123. The summed E-state index contributed by atoms with van der Waals surface area (Å²) in [6, 6.07) is 0. The molecule has 1 spiro atoms. The van der Waals surface area contributed by atoms with Gasteiger partial charge in [-0.3, -0.25) is 10.1 Å². The molecule has 1 atom stereocenters. The Kier molecular flexibility index (Phi) is 4.13. The van der Waals surface area contributed by atoms with E-state index in [2.05, 4.69) is 32.4 Å². The molecule has 2 N–H and O–H groups in total. The van der Waals surface area contributed by atoms with Crippen molar-refractivity contribution in [1.82, 2.24) is 30.0 Å². The van der Waals surface area contributed by atoms with Gasteiger partial charge in [0.1, 0.15) is 10.7 Å². The van der Waals surface area contributed by atoms with Crippen molar-refractivity contribution < 1.29 is 0 Å². The molecule has 2 saturated heterocycles. The monoisotopic (exact) mass is 464 g/mol. The maximum absolute atomic E-state index is 5.03. The molecule has 32 heavy (non-hydrogen) atoms. The van der Waals surface area contributed by atoms with Gasteiger partial charge in [-0.15, -0.1) is 0 Å². The van der Waals surface area contributed by atoms with E-state index in [1.165, 1.54) is 31.4 Å². The van der Waals surface area contributed by atoms with Crippen LogP contribution >= 0.6 is 22.7 Å². The van der Waals surface area contributed by atoms with Crippen LogP contribution in [0.2, 0.25) is 0 Å². The highest BCUT2D eigenvalue weighted by Gasteiger charge is 2.48. The molecule has 0 bridgehead atoms. The van der Waals surface area contributed by atoms with Crippen LogP contribution in [0.1, 0.15) is 24.8 Å². The number of aromatic amines is 1. The first-order chi connectivity index (χ1) is 15.7. The number of aromatic nitrogens is 5. The highest BCUT2D eigenvalue weighted by Crippen LogP contribution is 2.46. The van der Waals surface area contributed by atoms with Crippen molar-refractivity contribution in [3.8, 4) is 21.8 Å². The first-order valence-electron chi connectivity index (χ1n) is 11.2. The first-order valence-corrected chi connectivity index (χ1v) is 12.8. The number of hydrogen-bond donors (Lipinski definition) is 2. The maximum Gasteiger partial charge on any atom is 0.189 e. The number of rotatable bonds is 3. The summed E-state index contributed by atoms with van der Waals surface area (Å²) >= 11 is 3.39. The van der Waals surface area contributed by atoms with Crippen molar-refractivity contribution in [2.45, 2.75) is 31.2 Å². The molecular weight excluding hydrogens is 440 g/mol. The molecule has 0 aliphatic carbocycles. The molecule has 7 heterocycles. The second-order valence-corrected chi connectivity index (χ2v) is 11.1. The van der Waals surface area contributed by atoms with Crippen LogP contribution in [-0.4, -0.2) is 68.8 Å². The van der Waals surface area contributed by atoms with E-state index < -0.39 is 0 Å². The molecule has 8 nitrogen and oxygen atoms in total. The molecule has 3 aliphatic rings. The number of likely N-dealkylation sites (tertiary alicyclic amines) is 1. The highest BCUT2D eigenvalue weighted by molar-refractivity contribution is 7.29. The van der Waals surface area contributed by atoms with Gasteiger partial charge >= 0.3 is 0 Å². The van der Waals surface area contributed by atoms with Gasteiger partial charge in [0.05, 0.1) is 17.4 Å². The maximum atomic E-state index is 5.03. The molecular formula is C22H24N8S2. The Morgan fingerprint density at radius 2 is 2.03 bits per heavy atom. The van der Waals surface area contributed by atoms with Crippen molar-refractivity contribution >= 4 is 43.2 Å². The molecule has 4 aromatic heterocycles. The van der Waals surface area contributed by atoms with E-state index in [1.807, 2.05) is 18.6 Å². The van der Waals surface area contributed by atoms with Crippen molar-refractivity contribution in [3.63, 3.8) is 0 Å². The summed E-state index contributed by atoms with van der Waals surface area (Å²) in [4.78, 5) is 21.9. The largest absolute Gasteiger partial charge is 0.383 e. The third-order valence-electron chi connectivity index (χ3n) is 7.19. The normalized spacial score (nSPS) is 23.0. The number of hydrogen-bond acceptors (Lipinski definition) is 9. The summed E-state index contributed by atoms with van der Waals surface area (Å²) in [7, 11) is 2.24.